The van der Waals surface area contributed by atoms with E-state index in [2.05, 4.69) is 79.8 Å². The van der Waals surface area contributed by atoms with Crippen molar-refractivity contribution in [3.63, 3.8) is 0 Å². The second-order valence-corrected chi connectivity index (χ2v) is 5.64. The Hall–Kier alpha value is -1.60. The lowest BCUT2D eigenvalue weighted by Gasteiger charge is -2.26. The van der Waals surface area contributed by atoms with Crippen LogP contribution in [-0.2, 0) is 0 Å². The van der Waals surface area contributed by atoms with E-state index in [4.69, 9.17) is 0 Å². The Kier molecular flexibility index (Phi) is 6.49. The molecule has 0 saturated heterocycles. The monoisotopic (exact) mass is 281 g/mol. The molecule has 0 aliphatic carbocycles. The molecule has 1 heteroatoms. The van der Waals surface area contributed by atoms with E-state index in [-0.39, 0.29) is 0 Å². The Morgan fingerprint density at radius 3 is 1.76 bits per heavy atom. The molecule has 2 aromatic carbocycles. The predicted molar refractivity (Wildman–Crippen MR) is 91.3 cm³/mol. The number of hydrogen-bond acceptors (Lipinski definition) is 1. The summed E-state index contributed by atoms with van der Waals surface area (Å²) in [5, 5.41) is 3.87. The zero-order valence-corrected chi connectivity index (χ0v) is 13.3. The summed E-state index contributed by atoms with van der Waals surface area (Å²) in [7, 11) is 0. The summed E-state index contributed by atoms with van der Waals surface area (Å²) in [6.45, 7) is 4.52. The number of unbranched alkanes of at least 4 members (excludes halogenated alkanes) is 1. The lowest BCUT2D eigenvalue weighted by atomic mass is 9.97. The number of hydrogen-bond donors (Lipinski definition) is 1. The maximum atomic E-state index is 3.87. The molecule has 2 atom stereocenters. The minimum atomic E-state index is 0.424. The van der Waals surface area contributed by atoms with Crippen molar-refractivity contribution in [2.24, 2.45) is 0 Å². The van der Waals surface area contributed by atoms with Crippen LogP contribution in [0.15, 0.2) is 60.7 Å². The fraction of sp³-hybridized carbons (Fsp3) is 0.400. The van der Waals surface area contributed by atoms with Crippen molar-refractivity contribution in [1.82, 2.24) is 5.32 Å². The zero-order chi connectivity index (χ0) is 14.9. The predicted octanol–water partition coefficient (Wildman–Crippen LogP) is 5.66. The van der Waals surface area contributed by atoms with Crippen molar-refractivity contribution >= 4 is 0 Å². The number of benzene rings is 2. The van der Waals surface area contributed by atoms with E-state index in [9.17, 15) is 0 Å². The lowest BCUT2D eigenvalue weighted by Crippen LogP contribution is -2.26. The first-order valence-electron chi connectivity index (χ1n) is 8.21. The van der Waals surface area contributed by atoms with Crippen molar-refractivity contribution in [3.05, 3.63) is 71.8 Å². The van der Waals surface area contributed by atoms with Crippen LogP contribution in [0.2, 0.25) is 0 Å². The molecule has 0 aromatic heterocycles. The van der Waals surface area contributed by atoms with Gasteiger partial charge in [0.25, 0.3) is 0 Å². The third-order valence-electron chi connectivity index (χ3n) is 4.06. The van der Waals surface area contributed by atoms with Gasteiger partial charge in [-0.15, -0.1) is 0 Å². The molecule has 1 N–H and O–H groups in total. The first-order chi connectivity index (χ1) is 10.3. The number of nitrogens with one attached hydrogen (secondary N) is 1. The molecule has 2 aromatic rings. The molecule has 0 bridgehead atoms. The molecule has 0 heterocycles. The van der Waals surface area contributed by atoms with Crippen LogP contribution in [-0.4, -0.2) is 0 Å². The fourth-order valence-electron chi connectivity index (χ4n) is 2.82. The van der Waals surface area contributed by atoms with Gasteiger partial charge >= 0.3 is 0 Å². The quantitative estimate of drug-likeness (QED) is 0.658. The van der Waals surface area contributed by atoms with E-state index >= 15 is 0 Å². The normalized spacial score (nSPS) is 13.8. The Morgan fingerprint density at radius 2 is 1.29 bits per heavy atom. The van der Waals surface area contributed by atoms with Crippen molar-refractivity contribution in [2.75, 3.05) is 0 Å². The van der Waals surface area contributed by atoms with Gasteiger partial charge in [-0.2, -0.15) is 0 Å². The summed E-state index contributed by atoms with van der Waals surface area (Å²) in [6.07, 6.45) is 4.81. The highest BCUT2D eigenvalue weighted by atomic mass is 14.9. The molecule has 0 fully saturated rings. The molecule has 0 unspecified atom stereocenters. The summed E-state index contributed by atoms with van der Waals surface area (Å²) < 4.78 is 0. The van der Waals surface area contributed by atoms with Gasteiger partial charge < -0.3 is 5.32 Å². The van der Waals surface area contributed by atoms with Crippen LogP contribution in [0.3, 0.4) is 0 Å². The Balaban J connectivity index is 2.13. The minimum Gasteiger partial charge on any atom is -0.303 e. The Bertz CT molecular complexity index is 492. The summed E-state index contributed by atoms with van der Waals surface area (Å²) in [6, 6.07) is 22.5. The van der Waals surface area contributed by atoms with Gasteiger partial charge in [-0.1, -0.05) is 87.4 Å². The molecule has 1 nitrogen and oxygen atoms in total. The molecular formula is C20H27N. The van der Waals surface area contributed by atoms with Gasteiger partial charge in [-0.05, 0) is 24.0 Å². The van der Waals surface area contributed by atoms with E-state index in [0.717, 1.165) is 6.42 Å². The smallest absolute Gasteiger partial charge is 0.0325 e. The molecular weight excluding hydrogens is 254 g/mol. The van der Waals surface area contributed by atoms with Crippen LogP contribution in [0.5, 0.6) is 0 Å². The largest absolute Gasteiger partial charge is 0.303 e. The van der Waals surface area contributed by atoms with Gasteiger partial charge in [0.15, 0.2) is 0 Å². The van der Waals surface area contributed by atoms with Gasteiger partial charge in [0, 0.05) is 12.1 Å². The van der Waals surface area contributed by atoms with Crippen LogP contribution >= 0.6 is 0 Å². The maximum Gasteiger partial charge on any atom is 0.0325 e. The van der Waals surface area contributed by atoms with Crippen LogP contribution in [0.25, 0.3) is 0 Å². The molecule has 0 aliphatic rings. The zero-order valence-electron chi connectivity index (χ0n) is 13.3. The minimum absolute atomic E-state index is 0.424. The van der Waals surface area contributed by atoms with E-state index in [1.165, 1.54) is 30.4 Å². The third kappa shape index (κ3) is 4.71. The second-order valence-electron chi connectivity index (χ2n) is 5.64. The summed E-state index contributed by atoms with van der Waals surface area (Å²) >= 11 is 0. The number of rotatable bonds is 8. The summed E-state index contributed by atoms with van der Waals surface area (Å²) in [4.78, 5) is 0. The highest BCUT2D eigenvalue weighted by molar-refractivity contribution is 5.22. The van der Waals surface area contributed by atoms with E-state index in [1.54, 1.807) is 0 Å². The average Bonchev–Trinajstić information content (AvgIpc) is 2.57. The van der Waals surface area contributed by atoms with E-state index in [0.29, 0.717) is 12.1 Å². The first-order valence-corrected chi connectivity index (χ1v) is 8.21. The molecule has 21 heavy (non-hydrogen) atoms. The highest BCUT2D eigenvalue weighted by Crippen LogP contribution is 2.25. The van der Waals surface area contributed by atoms with Crippen LogP contribution in [0.1, 0.15) is 62.7 Å². The van der Waals surface area contributed by atoms with Gasteiger partial charge in [0.05, 0.1) is 0 Å². The summed E-state index contributed by atoms with van der Waals surface area (Å²) in [5.41, 5.74) is 2.79. The maximum absolute atomic E-state index is 3.87. The van der Waals surface area contributed by atoms with Gasteiger partial charge in [-0.3, -0.25) is 0 Å². The van der Waals surface area contributed by atoms with Crippen LogP contribution < -0.4 is 5.32 Å². The van der Waals surface area contributed by atoms with Gasteiger partial charge in [0.2, 0.25) is 0 Å². The van der Waals surface area contributed by atoms with E-state index in [1.807, 2.05) is 0 Å². The van der Waals surface area contributed by atoms with Crippen molar-refractivity contribution in [2.45, 2.75) is 51.6 Å². The third-order valence-corrected chi connectivity index (χ3v) is 4.06. The molecule has 0 radical (unpaired) electrons. The second kappa shape index (κ2) is 8.63. The first kappa shape index (κ1) is 15.8. The van der Waals surface area contributed by atoms with Gasteiger partial charge in [0.1, 0.15) is 0 Å². The highest BCUT2D eigenvalue weighted by Gasteiger charge is 2.16. The van der Waals surface area contributed by atoms with Crippen molar-refractivity contribution < 1.29 is 0 Å². The summed E-state index contributed by atoms with van der Waals surface area (Å²) in [5.74, 6) is 0. The molecule has 2 rings (SSSR count). The molecule has 0 aliphatic heterocycles. The van der Waals surface area contributed by atoms with Gasteiger partial charge in [-0.25, -0.2) is 0 Å². The van der Waals surface area contributed by atoms with Crippen molar-refractivity contribution in [1.29, 1.82) is 0 Å². The average molecular weight is 281 g/mol. The standard InChI is InChI=1S/C20H27N/c1-3-5-16-20(18-14-10-7-11-15-18)21-19(4-2)17-12-8-6-9-13-17/h6-15,19-21H,3-5,16H2,1-2H3/t19-,20-/m1/s1. The fourth-order valence-corrected chi connectivity index (χ4v) is 2.82. The van der Waals surface area contributed by atoms with E-state index < -0.39 is 0 Å². The molecule has 112 valence electrons. The molecule has 0 amide bonds. The molecule has 0 saturated carbocycles. The van der Waals surface area contributed by atoms with Crippen LogP contribution in [0.4, 0.5) is 0 Å². The lowest BCUT2D eigenvalue weighted by molar-refractivity contribution is 0.406. The Morgan fingerprint density at radius 1 is 0.762 bits per heavy atom. The SMILES string of the molecule is CCCC[C@@H](N[C@H](CC)c1ccccc1)c1ccccc1. The van der Waals surface area contributed by atoms with Crippen molar-refractivity contribution in [3.8, 4) is 0 Å². The Labute approximate surface area is 129 Å². The topological polar surface area (TPSA) is 12.0 Å². The van der Waals surface area contributed by atoms with Crippen LogP contribution in [0, 0.1) is 0 Å². The molecule has 0 spiro atoms.